The Kier molecular flexibility index (Phi) is 6.25. The van der Waals surface area contributed by atoms with Crippen LogP contribution >= 0.6 is 11.6 Å². The summed E-state index contributed by atoms with van der Waals surface area (Å²) in [5.41, 5.74) is 6.10. The molecule has 0 bridgehead atoms. The minimum atomic E-state index is 0.0626. The van der Waals surface area contributed by atoms with Crippen molar-refractivity contribution in [1.29, 1.82) is 0 Å². The van der Waals surface area contributed by atoms with Gasteiger partial charge in [0.05, 0.1) is 16.9 Å². The van der Waals surface area contributed by atoms with Gasteiger partial charge in [-0.3, -0.25) is 9.48 Å². The molecule has 3 aromatic rings. The van der Waals surface area contributed by atoms with Crippen molar-refractivity contribution < 1.29 is 4.79 Å². The largest absolute Gasteiger partial charge is 0.330 e. The molecule has 0 spiro atoms. The molecule has 160 valence electrons. The predicted molar refractivity (Wildman–Crippen MR) is 125 cm³/mol. The van der Waals surface area contributed by atoms with Gasteiger partial charge in [0.1, 0.15) is 0 Å². The maximum absolute atomic E-state index is 13.2. The van der Waals surface area contributed by atoms with Gasteiger partial charge >= 0.3 is 0 Å². The van der Waals surface area contributed by atoms with Gasteiger partial charge in [0.25, 0.3) is 5.91 Å². The highest BCUT2D eigenvalue weighted by molar-refractivity contribution is 6.33. The topological polar surface area (TPSA) is 50.2 Å². The number of aryl methyl sites for hydroxylation is 1. The Morgan fingerprint density at radius 2 is 2.06 bits per heavy atom. The first kappa shape index (κ1) is 21.3. The number of nitrogens with one attached hydrogen (secondary N) is 1. The molecule has 1 amide bonds. The van der Waals surface area contributed by atoms with Crippen molar-refractivity contribution in [2.45, 2.75) is 25.4 Å². The number of likely N-dealkylation sites (N-methyl/N-ethyl adjacent to an activating group) is 1. The Bertz CT molecular complexity index is 1100. The second kappa shape index (κ2) is 9.08. The number of allylic oxidation sites excluding steroid dienone is 1. The minimum absolute atomic E-state index is 0.0626. The summed E-state index contributed by atoms with van der Waals surface area (Å²) in [6, 6.07) is 14.5. The van der Waals surface area contributed by atoms with Crippen LogP contribution in [0.15, 0.2) is 61.3 Å². The highest BCUT2D eigenvalue weighted by Crippen LogP contribution is 2.33. The smallest absolute Gasteiger partial charge is 0.254 e. The maximum atomic E-state index is 13.2. The van der Waals surface area contributed by atoms with Crippen molar-refractivity contribution in [3.05, 3.63) is 88.6 Å². The second-order valence-corrected chi connectivity index (χ2v) is 8.41. The summed E-state index contributed by atoms with van der Waals surface area (Å²) in [6.07, 6.45) is 5.20. The number of amides is 1. The first-order chi connectivity index (χ1) is 15.0. The molecule has 1 aliphatic heterocycles. The Balaban J connectivity index is 1.59. The van der Waals surface area contributed by atoms with Crippen LogP contribution in [-0.2, 0) is 26.4 Å². The zero-order valence-electron chi connectivity index (χ0n) is 17.9. The van der Waals surface area contributed by atoms with Gasteiger partial charge in [0.2, 0.25) is 0 Å². The van der Waals surface area contributed by atoms with Gasteiger partial charge in [0, 0.05) is 37.3 Å². The van der Waals surface area contributed by atoms with E-state index in [0.717, 1.165) is 41.8 Å². The van der Waals surface area contributed by atoms with Crippen molar-refractivity contribution in [2.75, 3.05) is 13.6 Å². The van der Waals surface area contributed by atoms with E-state index in [0.29, 0.717) is 11.6 Å². The molecule has 2 aromatic carbocycles. The molecule has 0 fully saturated rings. The molecule has 0 radical (unpaired) electrons. The van der Waals surface area contributed by atoms with Crippen molar-refractivity contribution in [3.8, 4) is 11.3 Å². The van der Waals surface area contributed by atoms with Gasteiger partial charge in [-0.15, -0.1) is 6.58 Å². The van der Waals surface area contributed by atoms with E-state index in [1.165, 1.54) is 11.1 Å². The highest BCUT2D eigenvalue weighted by Gasteiger charge is 2.33. The van der Waals surface area contributed by atoms with Gasteiger partial charge in [-0.05, 0) is 48.7 Å². The summed E-state index contributed by atoms with van der Waals surface area (Å²) in [5, 5.41) is 8.10. The standard InChI is InChI=1S/C25H27ClN4O/c1-4-6-17-7-5-8-18(11-17)12-21(14-27-2)30-16-20-13-19(9-10-22(20)25(30)31)24-23(26)15-28-29(24)3/h4-5,7-11,13,15,21,27H,1,6,12,14,16H2,2-3H3. The number of carbonyl (C=O) groups is 1. The number of benzene rings is 2. The van der Waals surface area contributed by atoms with Crippen LogP contribution in [0.1, 0.15) is 27.0 Å². The fourth-order valence-electron chi connectivity index (χ4n) is 4.37. The number of hydrogen-bond donors (Lipinski definition) is 1. The van der Waals surface area contributed by atoms with E-state index in [1.54, 1.807) is 10.9 Å². The van der Waals surface area contributed by atoms with Crippen LogP contribution in [0, 0.1) is 0 Å². The molecule has 0 aliphatic carbocycles. The lowest BCUT2D eigenvalue weighted by Crippen LogP contribution is -2.43. The molecule has 4 rings (SSSR count). The Hall–Kier alpha value is -2.89. The van der Waals surface area contributed by atoms with Crippen molar-refractivity contribution in [2.24, 2.45) is 7.05 Å². The number of carbonyl (C=O) groups excluding carboxylic acids is 1. The Morgan fingerprint density at radius 1 is 1.26 bits per heavy atom. The fraction of sp³-hybridized carbons (Fsp3) is 0.280. The van der Waals surface area contributed by atoms with Gasteiger partial charge in [-0.25, -0.2) is 0 Å². The van der Waals surface area contributed by atoms with E-state index >= 15 is 0 Å². The van der Waals surface area contributed by atoms with E-state index in [1.807, 2.05) is 37.2 Å². The molecule has 1 unspecified atom stereocenters. The summed E-state index contributed by atoms with van der Waals surface area (Å²) in [5.74, 6) is 0.0835. The summed E-state index contributed by atoms with van der Waals surface area (Å²) in [4.78, 5) is 15.2. The molecule has 1 N–H and O–H groups in total. The lowest BCUT2D eigenvalue weighted by molar-refractivity contribution is 0.0702. The van der Waals surface area contributed by atoms with Gasteiger partial charge < -0.3 is 10.2 Å². The van der Waals surface area contributed by atoms with Gasteiger partial charge in [-0.1, -0.05) is 48.0 Å². The van der Waals surface area contributed by atoms with Crippen LogP contribution in [0.2, 0.25) is 5.02 Å². The van der Waals surface area contributed by atoms with Crippen LogP contribution in [-0.4, -0.2) is 40.2 Å². The molecule has 31 heavy (non-hydrogen) atoms. The van der Waals surface area contributed by atoms with Gasteiger partial charge in [-0.2, -0.15) is 5.10 Å². The van der Waals surface area contributed by atoms with Crippen LogP contribution in [0.25, 0.3) is 11.3 Å². The van der Waals surface area contributed by atoms with Crippen molar-refractivity contribution >= 4 is 17.5 Å². The van der Waals surface area contributed by atoms with E-state index in [2.05, 4.69) is 47.3 Å². The van der Waals surface area contributed by atoms with Crippen LogP contribution < -0.4 is 5.32 Å². The quantitative estimate of drug-likeness (QED) is 0.539. The minimum Gasteiger partial charge on any atom is -0.330 e. The van der Waals surface area contributed by atoms with E-state index in [4.69, 9.17) is 11.6 Å². The highest BCUT2D eigenvalue weighted by atomic mass is 35.5. The number of aromatic nitrogens is 2. The Labute approximate surface area is 188 Å². The number of nitrogens with zero attached hydrogens (tertiary/aromatic N) is 3. The fourth-order valence-corrected chi connectivity index (χ4v) is 4.65. The summed E-state index contributed by atoms with van der Waals surface area (Å²) in [7, 11) is 3.80. The van der Waals surface area contributed by atoms with E-state index in [9.17, 15) is 4.79 Å². The Morgan fingerprint density at radius 3 is 2.77 bits per heavy atom. The number of rotatable bonds is 8. The third-order valence-electron chi connectivity index (χ3n) is 5.83. The zero-order chi connectivity index (χ0) is 22.0. The van der Waals surface area contributed by atoms with Crippen molar-refractivity contribution in [3.63, 3.8) is 0 Å². The molecular formula is C25H27ClN4O. The average molecular weight is 435 g/mol. The average Bonchev–Trinajstić information content (AvgIpc) is 3.26. The molecule has 2 heterocycles. The molecule has 1 atom stereocenters. The zero-order valence-corrected chi connectivity index (χ0v) is 18.7. The van der Waals surface area contributed by atoms with Crippen LogP contribution in [0.3, 0.4) is 0 Å². The second-order valence-electron chi connectivity index (χ2n) is 8.00. The third kappa shape index (κ3) is 4.29. The molecule has 1 aliphatic rings. The first-order valence-corrected chi connectivity index (χ1v) is 10.8. The summed E-state index contributed by atoms with van der Waals surface area (Å²) >= 11 is 6.33. The van der Waals surface area contributed by atoms with E-state index in [-0.39, 0.29) is 11.9 Å². The first-order valence-electron chi connectivity index (χ1n) is 10.5. The lowest BCUT2D eigenvalue weighted by Gasteiger charge is -2.28. The van der Waals surface area contributed by atoms with E-state index < -0.39 is 0 Å². The number of hydrogen-bond acceptors (Lipinski definition) is 3. The lowest BCUT2D eigenvalue weighted by atomic mass is 10.0. The van der Waals surface area contributed by atoms with Crippen LogP contribution in [0.4, 0.5) is 0 Å². The number of halogens is 1. The molecule has 5 nitrogen and oxygen atoms in total. The molecular weight excluding hydrogens is 408 g/mol. The predicted octanol–water partition coefficient (Wildman–Crippen LogP) is 4.26. The SMILES string of the molecule is C=CCc1cccc(CC(CNC)N2Cc3cc(-c4c(Cl)cnn4C)ccc3C2=O)c1. The molecule has 0 saturated carbocycles. The monoisotopic (exact) mass is 434 g/mol. The normalized spacial score (nSPS) is 14.0. The van der Waals surface area contributed by atoms with Crippen LogP contribution in [0.5, 0.6) is 0 Å². The maximum Gasteiger partial charge on any atom is 0.254 e. The molecule has 1 aromatic heterocycles. The van der Waals surface area contributed by atoms with Gasteiger partial charge in [0.15, 0.2) is 0 Å². The molecule has 6 heteroatoms. The molecule has 0 saturated heterocycles. The van der Waals surface area contributed by atoms with Crippen molar-refractivity contribution in [1.82, 2.24) is 20.0 Å². The third-order valence-corrected chi connectivity index (χ3v) is 6.10. The summed E-state index contributed by atoms with van der Waals surface area (Å²) < 4.78 is 1.76. The summed E-state index contributed by atoms with van der Waals surface area (Å²) in [6.45, 7) is 5.15. The number of fused-ring (bicyclic) bond motifs is 1.